The Morgan fingerprint density at radius 3 is 2.41 bits per heavy atom. The summed E-state index contributed by atoms with van der Waals surface area (Å²) in [7, 11) is 0. The summed E-state index contributed by atoms with van der Waals surface area (Å²) in [5.74, 6) is -0.870. The van der Waals surface area contributed by atoms with Gasteiger partial charge in [-0.15, -0.1) is 10.2 Å². The van der Waals surface area contributed by atoms with Gasteiger partial charge in [0, 0.05) is 0 Å². The zero-order chi connectivity index (χ0) is 23.8. The van der Waals surface area contributed by atoms with Crippen LogP contribution in [0, 0.1) is 6.92 Å². The number of azo groups is 1. The number of aromatic amines is 1. The van der Waals surface area contributed by atoms with Crippen molar-refractivity contribution < 1.29 is 15.0 Å². The quantitative estimate of drug-likeness (QED) is 0.360. The first-order valence-electron chi connectivity index (χ1n) is 10.9. The lowest BCUT2D eigenvalue weighted by atomic mass is 9.95. The van der Waals surface area contributed by atoms with Crippen molar-refractivity contribution in [1.29, 1.82) is 0 Å². The Hall–Kier alpha value is -4.46. The summed E-state index contributed by atoms with van der Waals surface area (Å²) < 4.78 is 1.22. The van der Waals surface area contributed by atoms with Crippen molar-refractivity contribution in [1.82, 2.24) is 9.78 Å². The van der Waals surface area contributed by atoms with Gasteiger partial charge in [-0.1, -0.05) is 42.5 Å². The Morgan fingerprint density at radius 1 is 1.00 bits per heavy atom. The smallest absolute Gasteiger partial charge is 0.335 e. The van der Waals surface area contributed by atoms with E-state index in [2.05, 4.69) is 27.5 Å². The van der Waals surface area contributed by atoms with Crippen LogP contribution in [0.4, 0.5) is 11.4 Å². The van der Waals surface area contributed by atoms with Crippen molar-refractivity contribution in [3.8, 4) is 11.4 Å². The number of para-hydroxylation sites is 1. The van der Waals surface area contributed by atoms with Gasteiger partial charge in [-0.25, -0.2) is 9.48 Å². The second-order valence-electron chi connectivity index (χ2n) is 8.37. The number of benzene rings is 3. The number of carboxylic acid groups (broad SMARTS) is 1. The predicted octanol–water partition coefficient (Wildman–Crippen LogP) is 5.18. The van der Waals surface area contributed by atoms with Gasteiger partial charge in [-0.2, -0.15) is 0 Å². The highest BCUT2D eigenvalue weighted by molar-refractivity contribution is 5.88. The van der Waals surface area contributed by atoms with Gasteiger partial charge in [0.25, 0.3) is 5.56 Å². The Labute approximate surface area is 194 Å². The van der Waals surface area contributed by atoms with E-state index < -0.39 is 11.5 Å². The van der Waals surface area contributed by atoms with Crippen LogP contribution in [-0.4, -0.2) is 26.0 Å². The Bertz CT molecular complexity index is 1470. The molecule has 3 N–H and O–H groups in total. The minimum absolute atomic E-state index is 0.0618. The lowest BCUT2D eigenvalue weighted by Gasteiger charge is -2.12. The third kappa shape index (κ3) is 3.79. The van der Waals surface area contributed by atoms with Gasteiger partial charge in [0.05, 0.1) is 16.9 Å². The molecule has 8 heteroatoms. The van der Waals surface area contributed by atoms with E-state index in [0.717, 1.165) is 18.4 Å². The Morgan fingerprint density at radius 2 is 1.71 bits per heavy atom. The fourth-order valence-electron chi connectivity index (χ4n) is 4.46. The average molecular weight is 454 g/mol. The maximum absolute atomic E-state index is 12.9. The number of aromatic carboxylic acids is 1. The monoisotopic (exact) mass is 454 g/mol. The number of carboxylic acids is 1. The standard InChI is InChI=1S/C26H22N4O4/c1-15-23(25(32)30(29-15)20-9-4-8-18(14-20)26(33)34)28-27-22-11-5-10-21(24(22)31)19-12-16-6-2-3-7-17(16)13-19/h2-11,14,19,29,31H,12-13H2,1H3,(H,33,34). The van der Waals surface area contributed by atoms with Crippen molar-refractivity contribution in [3.63, 3.8) is 0 Å². The molecule has 1 aromatic heterocycles. The maximum Gasteiger partial charge on any atom is 0.335 e. The number of phenolic OH excluding ortho intramolecular Hbond substituents is 1. The number of H-pyrrole nitrogens is 1. The van der Waals surface area contributed by atoms with E-state index in [1.54, 1.807) is 25.1 Å². The van der Waals surface area contributed by atoms with Crippen LogP contribution >= 0.6 is 0 Å². The number of aromatic hydroxyl groups is 1. The summed E-state index contributed by atoms with van der Waals surface area (Å²) >= 11 is 0. The highest BCUT2D eigenvalue weighted by Gasteiger charge is 2.25. The van der Waals surface area contributed by atoms with Crippen LogP contribution in [-0.2, 0) is 12.8 Å². The number of fused-ring (bicyclic) bond motifs is 1. The third-order valence-corrected chi connectivity index (χ3v) is 6.19. The van der Waals surface area contributed by atoms with E-state index in [1.807, 2.05) is 24.3 Å². The van der Waals surface area contributed by atoms with E-state index in [9.17, 15) is 19.8 Å². The molecule has 1 aliphatic rings. The van der Waals surface area contributed by atoms with Crippen molar-refractivity contribution in [3.05, 3.63) is 105 Å². The van der Waals surface area contributed by atoms with Crippen molar-refractivity contribution >= 4 is 17.3 Å². The second-order valence-corrected chi connectivity index (χ2v) is 8.37. The van der Waals surface area contributed by atoms with Crippen LogP contribution in [0.15, 0.2) is 81.8 Å². The number of phenols is 1. The number of rotatable bonds is 5. The predicted molar refractivity (Wildman–Crippen MR) is 127 cm³/mol. The van der Waals surface area contributed by atoms with Crippen molar-refractivity contribution in [2.75, 3.05) is 0 Å². The van der Waals surface area contributed by atoms with E-state index in [4.69, 9.17) is 0 Å². The lowest BCUT2D eigenvalue weighted by molar-refractivity contribution is 0.0697. The van der Waals surface area contributed by atoms with Crippen LogP contribution in [0.25, 0.3) is 5.69 Å². The van der Waals surface area contributed by atoms with Gasteiger partial charge in [0.15, 0.2) is 5.69 Å². The number of nitrogens with one attached hydrogen (secondary N) is 1. The third-order valence-electron chi connectivity index (χ3n) is 6.19. The highest BCUT2D eigenvalue weighted by Crippen LogP contribution is 2.41. The summed E-state index contributed by atoms with van der Waals surface area (Å²) in [5.41, 5.74) is 4.19. The molecule has 0 fully saturated rings. The first-order valence-corrected chi connectivity index (χ1v) is 10.9. The molecule has 0 bridgehead atoms. The molecule has 1 aliphatic carbocycles. The normalized spacial score (nSPS) is 13.4. The van der Waals surface area contributed by atoms with E-state index in [0.29, 0.717) is 11.4 Å². The van der Waals surface area contributed by atoms with Crippen LogP contribution in [0.3, 0.4) is 0 Å². The summed E-state index contributed by atoms with van der Waals surface area (Å²) in [5, 5.41) is 31.3. The number of aryl methyl sites for hydroxylation is 1. The largest absolute Gasteiger partial charge is 0.505 e. The molecule has 0 atom stereocenters. The van der Waals surface area contributed by atoms with E-state index in [-0.39, 0.29) is 28.6 Å². The molecule has 34 heavy (non-hydrogen) atoms. The highest BCUT2D eigenvalue weighted by atomic mass is 16.4. The first kappa shape index (κ1) is 21.4. The molecule has 1 heterocycles. The fraction of sp³-hybridized carbons (Fsp3) is 0.154. The molecule has 0 saturated carbocycles. The van der Waals surface area contributed by atoms with Crippen molar-refractivity contribution in [2.45, 2.75) is 25.7 Å². The SMILES string of the molecule is Cc1[nH]n(-c2cccc(C(=O)O)c2)c(=O)c1N=Nc1cccc(C2Cc3ccccc3C2)c1O. The molecule has 5 rings (SSSR count). The number of hydrogen-bond acceptors (Lipinski definition) is 5. The molecular weight excluding hydrogens is 432 g/mol. The minimum Gasteiger partial charge on any atom is -0.505 e. The Kier molecular flexibility index (Phi) is 5.33. The number of aromatic nitrogens is 2. The van der Waals surface area contributed by atoms with Crippen LogP contribution in [0.5, 0.6) is 5.75 Å². The van der Waals surface area contributed by atoms with Crippen LogP contribution in [0.2, 0.25) is 0 Å². The van der Waals surface area contributed by atoms with Gasteiger partial charge in [-0.3, -0.25) is 9.89 Å². The Balaban J connectivity index is 1.45. The van der Waals surface area contributed by atoms with Crippen LogP contribution < -0.4 is 5.56 Å². The van der Waals surface area contributed by atoms with Gasteiger partial charge in [-0.05, 0) is 66.6 Å². The van der Waals surface area contributed by atoms with Gasteiger partial charge < -0.3 is 10.2 Å². The molecule has 8 nitrogen and oxygen atoms in total. The molecule has 0 radical (unpaired) electrons. The molecular formula is C26H22N4O4. The molecule has 170 valence electrons. The summed E-state index contributed by atoms with van der Waals surface area (Å²) in [4.78, 5) is 24.2. The zero-order valence-corrected chi connectivity index (χ0v) is 18.4. The van der Waals surface area contributed by atoms with Gasteiger partial charge >= 0.3 is 5.97 Å². The number of nitrogens with zero attached hydrogens (tertiary/aromatic N) is 3. The van der Waals surface area contributed by atoms with Gasteiger partial charge in [0.1, 0.15) is 11.4 Å². The summed E-state index contributed by atoms with van der Waals surface area (Å²) in [6, 6.07) is 19.7. The first-order chi connectivity index (χ1) is 16.4. The molecule has 4 aromatic rings. The van der Waals surface area contributed by atoms with Crippen LogP contribution in [0.1, 0.15) is 38.7 Å². The lowest BCUT2D eigenvalue weighted by Crippen LogP contribution is -2.14. The topological polar surface area (TPSA) is 120 Å². The maximum atomic E-state index is 12.9. The van der Waals surface area contributed by atoms with Gasteiger partial charge in [0.2, 0.25) is 0 Å². The molecule has 0 unspecified atom stereocenters. The molecule has 3 aromatic carbocycles. The van der Waals surface area contributed by atoms with Crippen molar-refractivity contribution in [2.24, 2.45) is 10.2 Å². The fourth-order valence-corrected chi connectivity index (χ4v) is 4.46. The molecule has 0 saturated heterocycles. The van der Waals surface area contributed by atoms with E-state index >= 15 is 0 Å². The molecule has 0 aliphatic heterocycles. The summed E-state index contributed by atoms with van der Waals surface area (Å²) in [6.07, 6.45) is 1.70. The minimum atomic E-state index is -1.08. The number of hydrogen-bond donors (Lipinski definition) is 3. The molecule has 0 amide bonds. The summed E-state index contributed by atoms with van der Waals surface area (Å²) in [6.45, 7) is 1.68. The zero-order valence-electron chi connectivity index (χ0n) is 18.4. The molecule has 0 spiro atoms. The second kappa shape index (κ2) is 8.47. The average Bonchev–Trinajstić information content (AvgIpc) is 3.39. The van der Waals surface area contributed by atoms with E-state index in [1.165, 1.54) is 27.9 Å². The number of carbonyl (C=O) groups is 1.